The lowest BCUT2D eigenvalue weighted by Gasteiger charge is -2.33. The molecule has 1 atom stereocenters. The smallest absolute Gasteiger partial charge is 0.228 e. The van der Waals surface area contributed by atoms with Gasteiger partial charge in [0.05, 0.1) is 5.69 Å². The summed E-state index contributed by atoms with van der Waals surface area (Å²) in [6, 6.07) is 0.373. The second-order valence-electron chi connectivity index (χ2n) is 9.18. The van der Waals surface area contributed by atoms with Gasteiger partial charge in [-0.25, -0.2) is 9.97 Å². The van der Waals surface area contributed by atoms with Gasteiger partial charge < -0.3 is 0 Å². The van der Waals surface area contributed by atoms with Crippen LogP contribution in [-0.2, 0) is 17.8 Å². The Balaban J connectivity index is 1.55. The molecule has 0 aromatic carbocycles. The van der Waals surface area contributed by atoms with E-state index in [-0.39, 0.29) is 5.91 Å². The molecule has 1 fully saturated rings. The SMILES string of the molecule is Cc1nc([C@H]2CCCN(Cc3c(C)nn(C(C)C)c3C)C2)nc2c1CCC(=O)N2C. The second-order valence-corrected chi connectivity index (χ2v) is 9.18. The number of fused-ring (bicyclic) bond motifs is 1. The van der Waals surface area contributed by atoms with Gasteiger partial charge in [0, 0.05) is 61.0 Å². The predicted molar refractivity (Wildman–Crippen MR) is 118 cm³/mol. The van der Waals surface area contributed by atoms with Crippen LogP contribution in [0.25, 0.3) is 0 Å². The van der Waals surface area contributed by atoms with Gasteiger partial charge in [-0.05, 0) is 60.4 Å². The lowest BCUT2D eigenvalue weighted by Crippen LogP contribution is -2.36. The molecule has 7 nitrogen and oxygen atoms in total. The quantitative estimate of drug-likeness (QED) is 0.772. The van der Waals surface area contributed by atoms with Crippen molar-refractivity contribution in [2.45, 2.75) is 78.8 Å². The number of carbonyl (C=O) groups excluding carboxylic acids is 1. The lowest BCUT2D eigenvalue weighted by atomic mass is 9.95. The maximum atomic E-state index is 12.2. The highest BCUT2D eigenvalue weighted by Crippen LogP contribution is 2.32. The summed E-state index contributed by atoms with van der Waals surface area (Å²) in [5, 5.41) is 4.76. The first-order valence-electron chi connectivity index (χ1n) is 11.2. The summed E-state index contributed by atoms with van der Waals surface area (Å²) in [4.78, 5) is 26.2. The van der Waals surface area contributed by atoms with Crippen LogP contribution in [0.1, 0.15) is 79.1 Å². The number of hydrogen-bond donors (Lipinski definition) is 0. The van der Waals surface area contributed by atoms with Crippen LogP contribution < -0.4 is 4.90 Å². The van der Waals surface area contributed by atoms with Crippen LogP contribution in [0, 0.1) is 20.8 Å². The van der Waals surface area contributed by atoms with Gasteiger partial charge in [-0.3, -0.25) is 19.3 Å². The highest BCUT2D eigenvalue weighted by atomic mass is 16.2. The Kier molecular flexibility index (Phi) is 5.66. The van der Waals surface area contributed by atoms with E-state index < -0.39 is 0 Å². The molecule has 162 valence electrons. The fourth-order valence-electron chi connectivity index (χ4n) is 4.93. The average Bonchev–Trinajstić information content (AvgIpc) is 2.99. The summed E-state index contributed by atoms with van der Waals surface area (Å²) in [6.07, 6.45) is 3.53. The number of rotatable bonds is 4. The molecule has 0 bridgehead atoms. The standard InChI is InChI=1S/C23H34N6O/c1-14(2)29-17(5)20(16(4)26-29)13-28-11-7-8-18(12-28)22-24-15(3)19-9-10-21(30)27(6)23(19)25-22/h14,18H,7-13H2,1-6H3/t18-/m0/s1. The van der Waals surface area contributed by atoms with E-state index in [4.69, 9.17) is 15.1 Å². The Hall–Kier alpha value is -2.28. The maximum Gasteiger partial charge on any atom is 0.228 e. The number of aromatic nitrogens is 4. The highest BCUT2D eigenvalue weighted by Gasteiger charge is 2.29. The zero-order chi connectivity index (χ0) is 21.6. The van der Waals surface area contributed by atoms with Gasteiger partial charge in [0.25, 0.3) is 0 Å². The minimum atomic E-state index is 0.143. The summed E-state index contributed by atoms with van der Waals surface area (Å²) in [5.74, 6) is 2.15. The number of likely N-dealkylation sites (tertiary alicyclic amines) is 1. The second kappa shape index (κ2) is 8.10. The molecule has 4 heterocycles. The normalized spacial score (nSPS) is 20.2. The molecule has 30 heavy (non-hydrogen) atoms. The van der Waals surface area contributed by atoms with E-state index in [1.165, 1.54) is 11.3 Å². The molecular weight excluding hydrogens is 376 g/mol. The molecule has 2 aliphatic rings. The van der Waals surface area contributed by atoms with E-state index >= 15 is 0 Å². The van der Waals surface area contributed by atoms with Crippen LogP contribution in [0.15, 0.2) is 0 Å². The summed E-state index contributed by atoms with van der Waals surface area (Å²) in [6.45, 7) is 13.7. The molecule has 2 aromatic heterocycles. The van der Waals surface area contributed by atoms with Gasteiger partial charge in [0.1, 0.15) is 11.6 Å². The molecule has 4 rings (SSSR count). The topological polar surface area (TPSA) is 67.2 Å². The molecule has 0 spiro atoms. The van der Waals surface area contributed by atoms with Crippen molar-refractivity contribution in [3.05, 3.63) is 34.0 Å². The minimum absolute atomic E-state index is 0.143. The minimum Gasteiger partial charge on any atom is -0.300 e. The molecule has 0 N–H and O–H groups in total. The average molecular weight is 411 g/mol. The zero-order valence-electron chi connectivity index (χ0n) is 19.2. The largest absolute Gasteiger partial charge is 0.300 e. The Morgan fingerprint density at radius 3 is 2.57 bits per heavy atom. The highest BCUT2D eigenvalue weighted by molar-refractivity contribution is 5.94. The first kappa shape index (κ1) is 21.0. The fraction of sp³-hybridized carbons (Fsp3) is 0.652. The van der Waals surface area contributed by atoms with E-state index in [9.17, 15) is 4.79 Å². The molecule has 1 saturated heterocycles. The third kappa shape index (κ3) is 3.75. The summed E-state index contributed by atoms with van der Waals surface area (Å²) < 4.78 is 2.13. The first-order valence-corrected chi connectivity index (χ1v) is 11.2. The number of anilines is 1. The molecule has 0 saturated carbocycles. The van der Waals surface area contributed by atoms with Crippen LogP contribution in [0.5, 0.6) is 0 Å². The Labute approximate surface area is 179 Å². The molecular formula is C23H34N6O. The molecule has 0 aliphatic carbocycles. The van der Waals surface area contributed by atoms with Crippen molar-refractivity contribution in [2.75, 3.05) is 25.0 Å². The maximum absolute atomic E-state index is 12.2. The Bertz CT molecular complexity index is 963. The number of aryl methyl sites for hydroxylation is 2. The zero-order valence-corrected chi connectivity index (χ0v) is 19.2. The molecule has 0 unspecified atom stereocenters. The number of amides is 1. The van der Waals surface area contributed by atoms with Gasteiger partial charge in [-0.2, -0.15) is 5.10 Å². The third-order valence-electron chi connectivity index (χ3n) is 6.71. The van der Waals surface area contributed by atoms with Gasteiger partial charge in [0.15, 0.2) is 0 Å². The van der Waals surface area contributed by atoms with Crippen molar-refractivity contribution in [1.82, 2.24) is 24.6 Å². The number of nitrogens with zero attached hydrogens (tertiary/aromatic N) is 6. The van der Waals surface area contributed by atoms with Crippen molar-refractivity contribution in [2.24, 2.45) is 0 Å². The third-order valence-corrected chi connectivity index (χ3v) is 6.71. The Morgan fingerprint density at radius 2 is 1.87 bits per heavy atom. The van der Waals surface area contributed by atoms with Gasteiger partial charge in [0.2, 0.25) is 5.91 Å². The predicted octanol–water partition coefficient (Wildman–Crippen LogP) is 3.47. The van der Waals surface area contributed by atoms with Crippen molar-refractivity contribution in [1.29, 1.82) is 0 Å². The van der Waals surface area contributed by atoms with Crippen LogP contribution in [0.2, 0.25) is 0 Å². The lowest BCUT2D eigenvalue weighted by molar-refractivity contribution is -0.118. The van der Waals surface area contributed by atoms with Crippen LogP contribution in [0.3, 0.4) is 0 Å². The fourth-order valence-corrected chi connectivity index (χ4v) is 4.93. The van der Waals surface area contributed by atoms with Crippen LogP contribution >= 0.6 is 0 Å². The van der Waals surface area contributed by atoms with E-state index in [2.05, 4.69) is 44.2 Å². The summed E-state index contributed by atoms with van der Waals surface area (Å²) in [5.41, 5.74) is 5.89. The number of piperidine rings is 1. The Morgan fingerprint density at radius 1 is 1.10 bits per heavy atom. The first-order chi connectivity index (χ1) is 14.3. The van der Waals surface area contributed by atoms with Crippen LogP contribution in [0.4, 0.5) is 5.82 Å². The van der Waals surface area contributed by atoms with E-state index in [0.717, 1.165) is 67.5 Å². The summed E-state index contributed by atoms with van der Waals surface area (Å²) in [7, 11) is 1.83. The van der Waals surface area contributed by atoms with Crippen LogP contribution in [-0.4, -0.2) is 50.7 Å². The molecule has 1 amide bonds. The van der Waals surface area contributed by atoms with Crippen molar-refractivity contribution >= 4 is 11.7 Å². The molecule has 0 radical (unpaired) electrons. The molecule has 7 heteroatoms. The number of carbonyl (C=O) groups is 1. The number of hydrogen-bond acceptors (Lipinski definition) is 5. The molecule has 2 aromatic rings. The van der Waals surface area contributed by atoms with Crippen molar-refractivity contribution in [3.63, 3.8) is 0 Å². The van der Waals surface area contributed by atoms with Gasteiger partial charge in [-0.1, -0.05) is 0 Å². The summed E-state index contributed by atoms with van der Waals surface area (Å²) >= 11 is 0. The van der Waals surface area contributed by atoms with E-state index in [0.29, 0.717) is 18.4 Å². The van der Waals surface area contributed by atoms with E-state index in [1.54, 1.807) is 4.90 Å². The van der Waals surface area contributed by atoms with Gasteiger partial charge in [-0.15, -0.1) is 0 Å². The van der Waals surface area contributed by atoms with Crippen molar-refractivity contribution in [3.8, 4) is 0 Å². The van der Waals surface area contributed by atoms with E-state index in [1.807, 2.05) is 7.05 Å². The van der Waals surface area contributed by atoms with Gasteiger partial charge >= 0.3 is 0 Å². The molecule has 2 aliphatic heterocycles. The monoisotopic (exact) mass is 410 g/mol. The van der Waals surface area contributed by atoms with Crippen molar-refractivity contribution < 1.29 is 4.79 Å².